The number of rotatable bonds is 2. The van der Waals surface area contributed by atoms with Crippen LogP contribution in [0.1, 0.15) is 34.6 Å². The summed E-state index contributed by atoms with van der Waals surface area (Å²) in [5.41, 5.74) is 0. The van der Waals surface area contributed by atoms with Crippen LogP contribution in [-0.2, 0) is 0 Å². The normalized spacial score (nSPS) is 10.2. The minimum atomic E-state index is -0.392. The van der Waals surface area contributed by atoms with E-state index in [4.69, 9.17) is 11.7 Å². The minimum Gasteiger partial charge on any atom is -0.197 e. The summed E-state index contributed by atoms with van der Waals surface area (Å²) in [4.78, 5) is 0. The highest BCUT2D eigenvalue weighted by Gasteiger charge is 1.91. The van der Waals surface area contributed by atoms with Crippen molar-refractivity contribution >= 4 is 0 Å². The summed E-state index contributed by atoms with van der Waals surface area (Å²) in [5, 5.41) is 8.36. The molecule has 78 valence electrons. The molecular formula is C13H21N. The van der Waals surface area contributed by atoms with Crippen molar-refractivity contribution in [2.45, 2.75) is 34.6 Å². The largest absolute Gasteiger partial charge is 0.197 e. The molecule has 0 aliphatic heterocycles. The smallest absolute Gasteiger partial charge is 0.125 e. The molecule has 0 aliphatic carbocycles. The van der Waals surface area contributed by atoms with E-state index in [1.165, 1.54) is 0 Å². The second kappa shape index (κ2) is 22.5. The van der Waals surface area contributed by atoms with Crippen LogP contribution in [0.25, 0.3) is 0 Å². The van der Waals surface area contributed by atoms with Gasteiger partial charge < -0.3 is 0 Å². The van der Waals surface area contributed by atoms with Crippen LogP contribution in [0.3, 0.4) is 0 Å². The minimum absolute atomic E-state index is 0.392. The van der Waals surface area contributed by atoms with Crippen LogP contribution in [-0.4, -0.2) is 0 Å². The molecule has 0 aromatic carbocycles. The van der Waals surface area contributed by atoms with Crippen LogP contribution < -0.4 is 0 Å². The lowest BCUT2D eigenvalue weighted by atomic mass is 10.2. The first-order chi connectivity index (χ1) is 6.85. The summed E-state index contributed by atoms with van der Waals surface area (Å²) in [5.74, 6) is 1.94. The zero-order valence-electron chi connectivity index (χ0n) is 9.91. The first-order valence-electron chi connectivity index (χ1n) is 5.00. The van der Waals surface area contributed by atoms with Gasteiger partial charge in [0.25, 0.3) is 0 Å². The van der Waals surface area contributed by atoms with Gasteiger partial charge in [-0.25, -0.2) is 0 Å². The Morgan fingerprint density at radius 1 is 1.14 bits per heavy atom. The Morgan fingerprint density at radius 2 is 1.64 bits per heavy atom. The van der Waals surface area contributed by atoms with Crippen LogP contribution in [0.5, 0.6) is 0 Å². The summed E-state index contributed by atoms with van der Waals surface area (Å²) in [7, 11) is 0. The molecule has 0 saturated carbocycles. The number of nitriles is 1. The fourth-order valence-corrected chi connectivity index (χ4v) is 0.422. The summed E-state index contributed by atoms with van der Waals surface area (Å²) in [6, 6.07) is 1.95. The van der Waals surface area contributed by atoms with Crippen molar-refractivity contribution in [1.29, 1.82) is 5.26 Å². The molecule has 1 heteroatoms. The number of allylic oxidation sites excluding steroid dienone is 4. The molecule has 1 nitrogen and oxygen atoms in total. The second-order valence-electron chi connectivity index (χ2n) is 1.68. The predicted octanol–water partition coefficient (Wildman–Crippen LogP) is 3.94. The average Bonchev–Trinajstić information content (AvgIpc) is 2.30. The topological polar surface area (TPSA) is 23.8 Å². The second-order valence-corrected chi connectivity index (χ2v) is 1.68. The Morgan fingerprint density at radius 3 is 1.93 bits per heavy atom. The Hall–Kier alpha value is -1.47. The average molecular weight is 191 g/mol. The number of hydrogen-bond acceptors (Lipinski definition) is 1. The first-order valence-corrected chi connectivity index (χ1v) is 5.00. The highest BCUT2D eigenvalue weighted by Crippen LogP contribution is 1.93. The SMILES string of the molecule is C#CC(C#N)/C=C\C=C/C.CC.CC. The van der Waals surface area contributed by atoms with Crippen LogP contribution >= 0.6 is 0 Å². The summed E-state index contributed by atoms with van der Waals surface area (Å²) < 4.78 is 0. The van der Waals surface area contributed by atoms with Crippen molar-refractivity contribution in [2.75, 3.05) is 0 Å². The number of hydrogen-bond donors (Lipinski definition) is 0. The molecule has 1 unspecified atom stereocenters. The van der Waals surface area contributed by atoms with Crippen molar-refractivity contribution in [3.05, 3.63) is 24.3 Å². The molecule has 0 aliphatic rings. The molecule has 14 heavy (non-hydrogen) atoms. The molecule has 0 spiro atoms. The lowest BCUT2D eigenvalue weighted by molar-refractivity contribution is 1.13. The van der Waals surface area contributed by atoms with Crippen molar-refractivity contribution in [3.8, 4) is 18.4 Å². The number of nitrogens with zero attached hydrogens (tertiary/aromatic N) is 1. The van der Waals surface area contributed by atoms with Crippen molar-refractivity contribution in [3.63, 3.8) is 0 Å². The first kappa shape index (κ1) is 18.3. The molecule has 0 aromatic heterocycles. The van der Waals surface area contributed by atoms with E-state index in [0.29, 0.717) is 0 Å². The molecule has 0 radical (unpaired) electrons. The molecule has 1 atom stereocenters. The highest BCUT2D eigenvalue weighted by molar-refractivity contribution is 5.18. The van der Waals surface area contributed by atoms with Gasteiger partial charge in [0.2, 0.25) is 0 Å². The molecule has 0 amide bonds. The quantitative estimate of drug-likeness (QED) is 0.479. The third kappa shape index (κ3) is 16.9. The van der Waals surface area contributed by atoms with Crippen molar-refractivity contribution < 1.29 is 0 Å². The highest BCUT2D eigenvalue weighted by atomic mass is 14.2. The van der Waals surface area contributed by atoms with Gasteiger partial charge in [0.1, 0.15) is 5.92 Å². The molecule has 0 bridgehead atoms. The Kier molecular flexibility index (Phi) is 29.5. The summed E-state index contributed by atoms with van der Waals surface area (Å²) in [6.07, 6.45) is 12.2. The van der Waals surface area contributed by atoms with Gasteiger partial charge in [-0.3, -0.25) is 0 Å². The third-order valence-corrected chi connectivity index (χ3v) is 0.926. The van der Waals surface area contributed by atoms with Gasteiger partial charge in [0.05, 0.1) is 6.07 Å². The summed E-state index contributed by atoms with van der Waals surface area (Å²) in [6.45, 7) is 9.90. The maximum atomic E-state index is 8.36. The monoisotopic (exact) mass is 191 g/mol. The fourth-order valence-electron chi connectivity index (χ4n) is 0.422. The molecule has 0 aromatic rings. The van der Waals surface area contributed by atoms with E-state index in [-0.39, 0.29) is 0 Å². The fraction of sp³-hybridized carbons (Fsp3) is 0.462. The molecule has 0 rings (SSSR count). The number of terminal acetylenes is 1. The maximum Gasteiger partial charge on any atom is 0.125 e. The van der Waals surface area contributed by atoms with Crippen LogP contribution in [0.4, 0.5) is 0 Å². The van der Waals surface area contributed by atoms with Crippen molar-refractivity contribution in [1.82, 2.24) is 0 Å². The summed E-state index contributed by atoms with van der Waals surface area (Å²) >= 11 is 0. The van der Waals surface area contributed by atoms with Gasteiger partial charge in [-0.05, 0) is 6.92 Å². The van der Waals surface area contributed by atoms with Crippen LogP contribution in [0.2, 0.25) is 0 Å². The van der Waals surface area contributed by atoms with Gasteiger partial charge in [0, 0.05) is 0 Å². The molecule has 0 N–H and O–H groups in total. The Balaban J connectivity index is -0.000000266. The third-order valence-electron chi connectivity index (χ3n) is 0.926. The zero-order valence-corrected chi connectivity index (χ0v) is 9.91. The molecule has 0 heterocycles. The Labute approximate surface area is 89.1 Å². The maximum absolute atomic E-state index is 8.36. The lowest BCUT2D eigenvalue weighted by Crippen LogP contribution is -1.83. The van der Waals surface area contributed by atoms with Gasteiger partial charge >= 0.3 is 0 Å². The van der Waals surface area contributed by atoms with Gasteiger partial charge in [-0.1, -0.05) is 57.9 Å². The van der Waals surface area contributed by atoms with Gasteiger partial charge in [-0.2, -0.15) is 5.26 Å². The molecule has 0 fully saturated rings. The predicted molar refractivity (Wildman–Crippen MR) is 64.6 cm³/mol. The van der Waals surface area contributed by atoms with Gasteiger partial charge in [0.15, 0.2) is 0 Å². The Bertz CT molecular complexity index is 196. The van der Waals surface area contributed by atoms with E-state index < -0.39 is 5.92 Å². The lowest BCUT2D eigenvalue weighted by Gasteiger charge is -1.85. The van der Waals surface area contributed by atoms with E-state index in [2.05, 4.69) is 5.92 Å². The van der Waals surface area contributed by atoms with Crippen LogP contribution in [0.15, 0.2) is 24.3 Å². The van der Waals surface area contributed by atoms with E-state index >= 15 is 0 Å². The van der Waals surface area contributed by atoms with Crippen LogP contribution in [0, 0.1) is 29.6 Å². The van der Waals surface area contributed by atoms with Crippen molar-refractivity contribution in [2.24, 2.45) is 5.92 Å². The van der Waals surface area contributed by atoms with Gasteiger partial charge in [-0.15, -0.1) is 6.42 Å². The van der Waals surface area contributed by atoms with E-state index in [1.807, 2.05) is 52.8 Å². The van der Waals surface area contributed by atoms with E-state index in [0.717, 1.165) is 0 Å². The van der Waals surface area contributed by atoms with E-state index in [1.54, 1.807) is 12.2 Å². The zero-order chi connectivity index (χ0) is 11.8. The molecule has 0 saturated heterocycles. The van der Waals surface area contributed by atoms with E-state index in [9.17, 15) is 0 Å². The standard InChI is InChI=1S/C9H9N.2C2H6/c1-3-5-6-7-9(4-2)8-10;2*1-2/h2-3,5-7,9H,1H3;2*1-2H3/b5-3-,7-6-;;. The molecular weight excluding hydrogens is 170 g/mol.